The van der Waals surface area contributed by atoms with Crippen molar-refractivity contribution < 1.29 is 23.1 Å². The lowest BCUT2D eigenvalue weighted by Gasteiger charge is -2.29. The largest absolute Gasteiger partial charge is 0.455 e. The number of amides is 1. The minimum absolute atomic E-state index is 0.201. The van der Waals surface area contributed by atoms with Gasteiger partial charge in [0.1, 0.15) is 0 Å². The maximum atomic E-state index is 14.5. The Hall–Kier alpha value is -1.98. The van der Waals surface area contributed by atoms with Gasteiger partial charge in [0.05, 0.1) is 0 Å². The van der Waals surface area contributed by atoms with Crippen molar-refractivity contribution in [1.82, 2.24) is 4.90 Å². The molecule has 1 aliphatic rings. The number of hydrogen-bond donors (Lipinski definition) is 0. The molecule has 0 N–H and O–H groups in total. The van der Waals surface area contributed by atoms with Gasteiger partial charge in [-0.25, -0.2) is 0 Å². The van der Waals surface area contributed by atoms with Gasteiger partial charge in [0, 0.05) is 26.4 Å². The number of nitrogens with zero attached hydrogens (tertiary/aromatic N) is 1. The zero-order chi connectivity index (χ0) is 16.2. The highest BCUT2D eigenvalue weighted by atomic mass is 19.3. The number of hydrogen-bond acceptors (Lipinski definition) is 3. The predicted molar refractivity (Wildman–Crippen MR) is 76.5 cm³/mol. The minimum Gasteiger partial charge on any atom is -0.455 e. The van der Waals surface area contributed by atoms with Gasteiger partial charge in [0.15, 0.2) is 6.10 Å². The molecule has 0 radical (unpaired) electrons. The van der Waals surface area contributed by atoms with Crippen molar-refractivity contribution in [3.05, 3.63) is 35.9 Å². The maximum absolute atomic E-state index is 14.5. The molecule has 1 aromatic rings. The van der Waals surface area contributed by atoms with Crippen LogP contribution in [0.4, 0.5) is 8.78 Å². The number of esters is 1. The van der Waals surface area contributed by atoms with E-state index in [2.05, 4.69) is 0 Å². The highest BCUT2D eigenvalue weighted by molar-refractivity contribution is 5.85. The number of rotatable bonds is 5. The van der Waals surface area contributed by atoms with Crippen molar-refractivity contribution in [2.45, 2.75) is 38.2 Å². The Morgan fingerprint density at radius 3 is 2.36 bits per heavy atom. The van der Waals surface area contributed by atoms with Gasteiger partial charge in [-0.2, -0.15) is 8.78 Å². The van der Waals surface area contributed by atoms with E-state index >= 15 is 0 Å². The Labute approximate surface area is 128 Å². The first-order valence-corrected chi connectivity index (χ1v) is 7.29. The molecule has 4 nitrogen and oxygen atoms in total. The molecule has 120 valence electrons. The van der Waals surface area contributed by atoms with Crippen LogP contribution in [0.5, 0.6) is 0 Å². The molecular weight excluding hydrogens is 292 g/mol. The van der Waals surface area contributed by atoms with Crippen molar-refractivity contribution in [1.29, 1.82) is 0 Å². The van der Waals surface area contributed by atoms with E-state index < -0.39 is 23.9 Å². The summed E-state index contributed by atoms with van der Waals surface area (Å²) < 4.78 is 33.8. The molecule has 1 aliphatic heterocycles. The summed E-state index contributed by atoms with van der Waals surface area (Å²) in [5.74, 6) is -5.81. The van der Waals surface area contributed by atoms with E-state index in [1.165, 1.54) is 0 Å². The van der Waals surface area contributed by atoms with Crippen LogP contribution in [-0.2, 0) is 20.7 Å². The Balaban J connectivity index is 2.18. The van der Waals surface area contributed by atoms with Gasteiger partial charge in [0.25, 0.3) is 5.91 Å². The fourth-order valence-electron chi connectivity index (χ4n) is 2.54. The van der Waals surface area contributed by atoms with Gasteiger partial charge in [-0.3, -0.25) is 9.59 Å². The van der Waals surface area contributed by atoms with Crippen LogP contribution in [0.25, 0.3) is 0 Å². The molecule has 1 aromatic carbocycles. The van der Waals surface area contributed by atoms with Crippen molar-refractivity contribution in [2.75, 3.05) is 13.1 Å². The van der Waals surface area contributed by atoms with Crippen LogP contribution in [-0.4, -0.2) is 41.9 Å². The van der Waals surface area contributed by atoms with Crippen molar-refractivity contribution in [3.63, 3.8) is 0 Å². The van der Waals surface area contributed by atoms with Gasteiger partial charge >= 0.3 is 11.9 Å². The van der Waals surface area contributed by atoms with Crippen molar-refractivity contribution in [2.24, 2.45) is 0 Å². The van der Waals surface area contributed by atoms with E-state index in [0.717, 1.165) is 24.7 Å². The Morgan fingerprint density at radius 1 is 1.23 bits per heavy atom. The highest BCUT2D eigenvalue weighted by Gasteiger charge is 2.51. The molecule has 22 heavy (non-hydrogen) atoms. The summed E-state index contributed by atoms with van der Waals surface area (Å²) >= 11 is 0. The van der Waals surface area contributed by atoms with Gasteiger partial charge < -0.3 is 9.64 Å². The monoisotopic (exact) mass is 311 g/mol. The van der Waals surface area contributed by atoms with Crippen LogP contribution in [0.15, 0.2) is 30.3 Å². The smallest absolute Gasteiger partial charge is 0.360 e. The van der Waals surface area contributed by atoms with Crippen molar-refractivity contribution in [3.8, 4) is 0 Å². The summed E-state index contributed by atoms with van der Waals surface area (Å²) in [4.78, 5) is 24.4. The molecule has 1 atom stereocenters. The molecule has 0 spiro atoms. The third-order valence-electron chi connectivity index (χ3n) is 3.65. The highest BCUT2D eigenvalue weighted by Crippen LogP contribution is 2.29. The standard InChI is InChI=1S/C16H19F2NO3/c1-12(20)22-14(11-13-7-3-2-4-8-13)16(17,18)15(21)19-9-5-6-10-19/h2-4,7-8,14H,5-6,9-11H2,1H3. The molecule has 0 saturated carbocycles. The molecular formula is C16H19F2NO3. The fraction of sp³-hybridized carbons (Fsp3) is 0.500. The van der Waals surface area contributed by atoms with E-state index in [0.29, 0.717) is 18.7 Å². The molecule has 1 amide bonds. The quantitative estimate of drug-likeness (QED) is 0.785. The van der Waals surface area contributed by atoms with E-state index in [1.807, 2.05) is 0 Å². The van der Waals surface area contributed by atoms with Crippen LogP contribution in [0.2, 0.25) is 0 Å². The van der Waals surface area contributed by atoms with E-state index in [4.69, 9.17) is 4.74 Å². The maximum Gasteiger partial charge on any atom is 0.360 e. The van der Waals surface area contributed by atoms with E-state index in [1.54, 1.807) is 30.3 Å². The lowest BCUT2D eigenvalue weighted by molar-refractivity contribution is -0.186. The third-order valence-corrected chi connectivity index (χ3v) is 3.65. The fourth-order valence-corrected chi connectivity index (χ4v) is 2.54. The zero-order valence-electron chi connectivity index (χ0n) is 12.4. The SMILES string of the molecule is CC(=O)OC(Cc1ccccc1)C(F)(F)C(=O)N1CCCC1. The molecule has 1 saturated heterocycles. The second-order valence-corrected chi connectivity index (χ2v) is 5.41. The van der Waals surface area contributed by atoms with Gasteiger partial charge in [-0.15, -0.1) is 0 Å². The summed E-state index contributed by atoms with van der Waals surface area (Å²) in [7, 11) is 0. The summed E-state index contributed by atoms with van der Waals surface area (Å²) in [6, 6.07) is 8.50. The second-order valence-electron chi connectivity index (χ2n) is 5.41. The van der Waals surface area contributed by atoms with E-state index in [-0.39, 0.29) is 6.42 Å². The van der Waals surface area contributed by atoms with Crippen LogP contribution >= 0.6 is 0 Å². The predicted octanol–water partition coefficient (Wildman–Crippen LogP) is 2.42. The topological polar surface area (TPSA) is 46.6 Å². The first-order chi connectivity index (χ1) is 10.4. The number of benzene rings is 1. The van der Waals surface area contributed by atoms with Crippen LogP contribution in [0, 0.1) is 0 Å². The lowest BCUT2D eigenvalue weighted by atomic mass is 10.0. The Kier molecular flexibility index (Phi) is 5.11. The molecule has 0 bridgehead atoms. The first-order valence-electron chi connectivity index (χ1n) is 7.29. The average molecular weight is 311 g/mol. The van der Waals surface area contributed by atoms with Gasteiger partial charge in [-0.1, -0.05) is 30.3 Å². The first kappa shape index (κ1) is 16.4. The number of alkyl halides is 2. The number of carbonyl (C=O) groups is 2. The number of halogens is 2. The molecule has 0 aliphatic carbocycles. The summed E-state index contributed by atoms with van der Waals surface area (Å²) in [5, 5.41) is 0. The second kappa shape index (κ2) is 6.85. The third kappa shape index (κ3) is 3.81. The van der Waals surface area contributed by atoms with Crippen LogP contribution in [0.3, 0.4) is 0 Å². The molecule has 0 aromatic heterocycles. The number of ether oxygens (including phenoxy) is 1. The minimum atomic E-state index is -3.73. The van der Waals surface area contributed by atoms with Crippen LogP contribution in [0.1, 0.15) is 25.3 Å². The normalized spacial score (nSPS) is 16.4. The summed E-state index contributed by atoms with van der Waals surface area (Å²) in [5.41, 5.74) is 0.586. The molecule has 1 heterocycles. The average Bonchev–Trinajstić information content (AvgIpc) is 3.00. The summed E-state index contributed by atoms with van der Waals surface area (Å²) in [6.07, 6.45) is -0.551. The summed E-state index contributed by atoms with van der Waals surface area (Å²) in [6.45, 7) is 1.72. The Morgan fingerprint density at radius 2 is 1.82 bits per heavy atom. The molecule has 1 unspecified atom stereocenters. The van der Waals surface area contributed by atoms with Crippen molar-refractivity contribution >= 4 is 11.9 Å². The van der Waals surface area contributed by atoms with Gasteiger partial charge in [-0.05, 0) is 18.4 Å². The Bertz CT molecular complexity index is 527. The molecule has 6 heteroatoms. The molecule has 1 fully saturated rings. The lowest BCUT2D eigenvalue weighted by Crippen LogP contribution is -2.51. The van der Waals surface area contributed by atoms with Crippen LogP contribution < -0.4 is 0 Å². The molecule has 2 rings (SSSR count). The number of likely N-dealkylation sites (tertiary alicyclic amines) is 1. The number of carbonyl (C=O) groups excluding carboxylic acids is 2. The zero-order valence-corrected chi connectivity index (χ0v) is 12.4. The van der Waals surface area contributed by atoms with Gasteiger partial charge in [0.2, 0.25) is 0 Å². The van der Waals surface area contributed by atoms with E-state index in [9.17, 15) is 18.4 Å².